The molecule has 0 saturated heterocycles. The van der Waals surface area contributed by atoms with Crippen LogP contribution in [0.5, 0.6) is 0 Å². The maximum atomic E-state index is 10.9. The van der Waals surface area contributed by atoms with Crippen LogP contribution in [0.3, 0.4) is 0 Å². The number of pyridine rings is 1. The van der Waals surface area contributed by atoms with Crippen LogP contribution in [0.25, 0.3) is 0 Å². The second-order valence-electron chi connectivity index (χ2n) is 3.00. The van der Waals surface area contributed by atoms with Crippen molar-refractivity contribution in [3.05, 3.63) is 28.0 Å². The quantitative estimate of drug-likeness (QED) is 0.654. The van der Waals surface area contributed by atoms with Crippen LogP contribution >= 0.6 is 34.8 Å². The lowest BCUT2D eigenvalue weighted by Gasteiger charge is -2.12. The number of nitrogens with zero attached hydrogens (tertiary/aromatic N) is 1. The van der Waals surface area contributed by atoms with Crippen LogP contribution < -0.4 is 5.32 Å². The minimum Gasteiger partial charge on any atom is -0.387 e. The van der Waals surface area contributed by atoms with Crippen LogP contribution in [0.4, 0.5) is 0 Å². The fourth-order valence-electron chi connectivity index (χ4n) is 1.05. The second kappa shape index (κ2) is 6.25. The lowest BCUT2D eigenvalue weighted by Crippen LogP contribution is -2.29. The Labute approximate surface area is 108 Å². The molecule has 0 aromatic carbocycles. The highest BCUT2D eigenvalue weighted by Crippen LogP contribution is 2.19. The van der Waals surface area contributed by atoms with Crippen molar-refractivity contribution in [2.45, 2.75) is 6.10 Å². The first-order valence-corrected chi connectivity index (χ1v) is 5.65. The molecule has 7 heteroatoms. The Bertz CT molecular complexity index is 367. The van der Waals surface area contributed by atoms with Gasteiger partial charge in [0.25, 0.3) is 0 Å². The van der Waals surface area contributed by atoms with Crippen LogP contribution in [0, 0.1) is 0 Å². The number of hydrogen-bond donors (Lipinski definition) is 2. The Morgan fingerprint density at radius 2 is 2.00 bits per heavy atom. The third-order valence-corrected chi connectivity index (χ3v) is 2.41. The molecule has 88 valence electrons. The average Bonchev–Trinajstić information content (AvgIpc) is 2.23. The predicted octanol–water partition coefficient (Wildman–Crippen LogP) is 1.78. The maximum absolute atomic E-state index is 10.9. The minimum atomic E-state index is -0.898. The largest absolute Gasteiger partial charge is 0.387 e. The minimum absolute atomic E-state index is 0.0439. The molecular weight excluding hydrogens is 274 g/mol. The number of aromatic nitrogens is 1. The molecule has 0 spiro atoms. The number of nitrogens with one attached hydrogen (secondary N) is 1. The molecule has 0 fully saturated rings. The smallest absolute Gasteiger partial charge is 0.235 e. The van der Waals surface area contributed by atoms with Gasteiger partial charge < -0.3 is 10.4 Å². The van der Waals surface area contributed by atoms with E-state index >= 15 is 0 Å². The van der Waals surface area contributed by atoms with E-state index in [0.717, 1.165) is 0 Å². The van der Waals surface area contributed by atoms with Gasteiger partial charge in [-0.15, -0.1) is 11.6 Å². The molecule has 1 rings (SSSR count). The number of carbonyl (C=O) groups excluding carboxylic acids is 1. The van der Waals surface area contributed by atoms with E-state index in [4.69, 9.17) is 34.8 Å². The monoisotopic (exact) mass is 282 g/mol. The van der Waals surface area contributed by atoms with E-state index in [-0.39, 0.29) is 28.6 Å². The van der Waals surface area contributed by atoms with E-state index in [1.165, 1.54) is 12.1 Å². The first-order valence-electron chi connectivity index (χ1n) is 4.36. The summed E-state index contributed by atoms with van der Waals surface area (Å²) in [5.41, 5.74) is 0.486. The highest BCUT2D eigenvalue weighted by molar-refractivity contribution is 6.32. The van der Waals surface area contributed by atoms with Crippen molar-refractivity contribution in [1.29, 1.82) is 0 Å². The number of hydrogen-bond acceptors (Lipinski definition) is 3. The van der Waals surface area contributed by atoms with Gasteiger partial charge in [-0.25, -0.2) is 4.98 Å². The van der Waals surface area contributed by atoms with Gasteiger partial charge >= 0.3 is 0 Å². The molecule has 1 atom stereocenters. The predicted molar refractivity (Wildman–Crippen MR) is 62.9 cm³/mol. The summed E-state index contributed by atoms with van der Waals surface area (Å²) in [6.45, 7) is 0.0439. The summed E-state index contributed by atoms with van der Waals surface area (Å²) >= 11 is 16.6. The molecule has 2 N–H and O–H groups in total. The van der Waals surface area contributed by atoms with E-state index in [9.17, 15) is 9.90 Å². The zero-order valence-electron chi connectivity index (χ0n) is 8.08. The lowest BCUT2D eigenvalue weighted by atomic mass is 10.1. The van der Waals surface area contributed by atoms with Gasteiger partial charge in [0, 0.05) is 6.54 Å². The third-order valence-electron chi connectivity index (χ3n) is 1.78. The average molecular weight is 284 g/mol. The van der Waals surface area contributed by atoms with Gasteiger partial charge in [-0.05, 0) is 17.7 Å². The van der Waals surface area contributed by atoms with Crippen molar-refractivity contribution < 1.29 is 9.90 Å². The highest BCUT2D eigenvalue weighted by atomic mass is 35.5. The molecule has 0 saturated carbocycles. The molecular formula is C9H9Cl3N2O2. The zero-order valence-corrected chi connectivity index (χ0v) is 10.4. The summed E-state index contributed by atoms with van der Waals surface area (Å²) in [6, 6.07) is 2.95. The molecule has 1 amide bonds. The number of alkyl halides is 1. The summed E-state index contributed by atoms with van der Waals surface area (Å²) < 4.78 is 0. The van der Waals surface area contributed by atoms with Crippen molar-refractivity contribution >= 4 is 40.7 Å². The number of aliphatic hydroxyl groups excluding tert-OH is 1. The van der Waals surface area contributed by atoms with E-state index in [1.54, 1.807) is 0 Å². The lowest BCUT2D eigenvalue weighted by molar-refractivity contribution is -0.119. The van der Waals surface area contributed by atoms with E-state index in [2.05, 4.69) is 10.3 Å². The molecule has 16 heavy (non-hydrogen) atoms. The van der Waals surface area contributed by atoms with Gasteiger partial charge in [0.15, 0.2) is 0 Å². The van der Waals surface area contributed by atoms with Crippen molar-refractivity contribution in [1.82, 2.24) is 10.3 Å². The third kappa shape index (κ3) is 4.14. The zero-order chi connectivity index (χ0) is 12.1. The summed E-state index contributed by atoms with van der Waals surface area (Å²) in [6.07, 6.45) is -0.898. The molecule has 0 aliphatic rings. The SMILES string of the molecule is O=C(CCl)NCC(O)c1cc(Cl)nc(Cl)c1. The number of rotatable bonds is 4. The number of amides is 1. The molecule has 1 unspecified atom stereocenters. The second-order valence-corrected chi connectivity index (χ2v) is 4.04. The molecule has 0 aliphatic heterocycles. The van der Waals surface area contributed by atoms with Crippen LogP contribution in [0.15, 0.2) is 12.1 Å². The molecule has 4 nitrogen and oxygen atoms in total. The standard InChI is InChI=1S/C9H9Cl3N2O2/c10-3-9(16)13-4-6(15)5-1-7(11)14-8(12)2-5/h1-2,6,15H,3-4H2,(H,13,16). The van der Waals surface area contributed by atoms with E-state index in [1.807, 2.05) is 0 Å². The Morgan fingerprint density at radius 3 is 2.50 bits per heavy atom. The number of aliphatic hydroxyl groups is 1. The fourth-order valence-corrected chi connectivity index (χ4v) is 1.62. The van der Waals surface area contributed by atoms with Crippen molar-refractivity contribution in [2.75, 3.05) is 12.4 Å². The topological polar surface area (TPSA) is 62.2 Å². The van der Waals surface area contributed by atoms with Gasteiger partial charge in [-0.2, -0.15) is 0 Å². The Hall–Kier alpha value is -0.550. The van der Waals surface area contributed by atoms with Crippen LogP contribution in [-0.2, 0) is 4.79 Å². The number of halogens is 3. The Morgan fingerprint density at radius 1 is 1.44 bits per heavy atom. The Kier molecular flexibility index (Phi) is 5.28. The normalized spacial score (nSPS) is 12.2. The molecule has 0 bridgehead atoms. The summed E-state index contributed by atoms with van der Waals surface area (Å²) in [5.74, 6) is -0.503. The number of carbonyl (C=O) groups is 1. The van der Waals surface area contributed by atoms with E-state index < -0.39 is 6.10 Å². The van der Waals surface area contributed by atoms with Gasteiger partial charge in [0.1, 0.15) is 16.2 Å². The van der Waals surface area contributed by atoms with E-state index in [0.29, 0.717) is 5.56 Å². The van der Waals surface area contributed by atoms with Crippen molar-refractivity contribution in [3.8, 4) is 0 Å². The molecule has 0 aliphatic carbocycles. The van der Waals surface area contributed by atoms with Crippen molar-refractivity contribution in [3.63, 3.8) is 0 Å². The molecule has 1 heterocycles. The first-order chi connectivity index (χ1) is 7.52. The summed E-state index contributed by atoms with van der Waals surface area (Å²) in [5, 5.41) is 12.5. The summed E-state index contributed by atoms with van der Waals surface area (Å²) in [4.78, 5) is 14.6. The first kappa shape index (κ1) is 13.5. The van der Waals surface area contributed by atoms with Crippen molar-refractivity contribution in [2.24, 2.45) is 0 Å². The summed E-state index contributed by atoms with van der Waals surface area (Å²) in [7, 11) is 0. The van der Waals surface area contributed by atoms with Gasteiger partial charge in [-0.3, -0.25) is 4.79 Å². The van der Waals surface area contributed by atoms with Gasteiger partial charge in [-0.1, -0.05) is 23.2 Å². The molecule has 1 aromatic heterocycles. The molecule has 0 radical (unpaired) electrons. The maximum Gasteiger partial charge on any atom is 0.235 e. The van der Waals surface area contributed by atoms with Crippen LogP contribution in [-0.4, -0.2) is 28.4 Å². The molecule has 1 aromatic rings. The van der Waals surface area contributed by atoms with Crippen LogP contribution in [0.1, 0.15) is 11.7 Å². The highest BCUT2D eigenvalue weighted by Gasteiger charge is 2.11. The fraction of sp³-hybridized carbons (Fsp3) is 0.333. The van der Waals surface area contributed by atoms with Gasteiger partial charge in [0.05, 0.1) is 6.10 Å². The van der Waals surface area contributed by atoms with Crippen LogP contribution in [0.2, 0.25) is 10.3 Å². The van der Waals surface area contributed by atoms with Gasteiger partial charge in [0.2, 0.25) is 5.91 Å². The Balaban J connectivity index is 2.65.